The number of allylic oxidation sites excluding steroid dienone is 1. The Bertz CT molecular complexity index is 1080. The van der Waals surface area contributed by atoms with Crippen LogP contribution < -0.4 is 9.64 Å². The number of anilines is 1. The number of amides is 1. The second-order valence-electron chi connectivity index (χ2n) is 11.3. The van der Waals surface area contributed by atoms with E-state index in [0.29, 0.717) is 18.2 Å². The highest BCUT2D eigenvalue weighted by Crippen LogP contribution is 2.28. The first kappa shape index (κ1) is 36.6. The quantitative estimate of drug-likeness (QED) is 0.130. The predicted octanol–water partition coefficient (Wildman–Crippen LogP) is 11.0. The normalized spacial score (nSPS) is 12.7. The van der Waals surface area contributed by atoms with Crippen molar-refractivity contribution in [2.24, 2.45) is 0 Å². The summed E-state index contributed by atoms with van der Waals surface area (Å²) >= 11 is 8.31. The summed E-state index contributed by atoms with van der Waals surface area (Å²) in [5, 5.41) is 0.646. The lowest BCUT2D eigenvalue weighted by atomic mass is 10.1. The standard InChI is InChI=1S/C35H51ClN2O2S.BrH/c1-4-5-6-7-8-9-10-11-12-13-14-15-24-40-35-25-31(18-21-34(35)36)22-23-38(30(3)39)33-19-16-32(17-20-33)27-37-26-29(2)41-28-37;/h16-21,25-26H,4-15,22-24,27-28H2,1-3H3;1H. The van der Waals surface area contributed by atoms with E-state index in [0.717, 1.165) is 42.3 Å². The number of thioether (sulfide) groups is 1. The summed E-state index contributed by atoms with van der Waals surface area (Å²) in [5.74, 6) is 1.79. The van der Waals surface area contributed by atoms with Crippen molar-refractivity contribution in [2.75, 3.05) is 23.9 Å². The third-order valence-electron chi connectivity index (χ3n) is 7.71. The number of nitrogens with zero attached hydrogens (tertiary/aromatic N) is 2. The van der Waals surface area contributed by atoms with E-state index >= 15 is 0 Å². The van der Waals surface area contributed by atoms with Gasteiger partial charge in [-0.25, -0.2) is 0 Å². The topological polar surface area (TPSA) is 32.8 Å². The fourth-order valence-electron chi connectivity index (χ4n) is 5.27. The van der Waals surface area contributed by atoms with Crippen molar-refractivity contribution in [1.82, 2.24) is 4.90 Å². The summed E-state index contributed by atoms with van der Waals surface area (Å²) in [6.07, 6.45) is 18.9. The van der Waals surface area contributed by atoms with Crippen molar-refractivity contribution in [2.45, 2.75) is 111 Å². The van der Waals surface area contributed by atoms with Gasteiger partial charge in [0.25, 0.3) is 0 Å². The van der Waals surface area contributed by atoms with Crippen molar-refractivity contribution in [3.05, 3.63) is 69.7 Å². The highest BCUT2D eigenvalue weighted by Gasteiger charge is 2.14. The second kappa shape index (κ2) is 21.1. The molecule has 0 aromatic heterocycles. The molecule has 0 bridgehead atoms. The van der Waals surface area contributed by atoms with Crippen LogP contribution in [0, 0.1) is 0 Å². The van der Waals surface area contributed by atoms with E-state index in [1.54, 1.807) is 6.92 Å². The zero-order valence-electron chi connectivity index (χ0n) is 26.0. The van der Waals surface area contributed by atoms with Crippen LogP contribution in [-0.2, 0) is 17.8 Å². The van der Waals surface area contributed by atoms with Gasteiger partial charge >= 0.3 is 0 Å². The van der Waals surface area contributed by atoms with Crippen LogP contribution >= 0.6 is 40.3 Å². The van der Waals surface area contributed by atoms with Gasteiger partial charge in [-0.1, -0.05) is 107 Å². The van der Waals surface area contributed by atoms with Crippen molar-refractivity contribution in [3.8, 4) is 5.75 Å². The van der Waals surface area contributed by atoms with E-state index in [1.807, 2.05) is 34.9 Å². The molecular weight excluding hydrogens is 628 g/mol. The van der Waals surface area contributed by atoms with Crippen LogP contribution in [0.4, 0.5) is 5.69 Å². The Morgan fingerprint density at radius 2 is 1.50 bits per heavy atom. The molecule has 0 aliphatic carbocycles. The minimum absolute atomic E-state index is 0. The molecule has 4 nitrogen and oxygen atoms in total. The number of ether oxygens (including phenoxy) is 1. The Balaban J connectivity index is 0.00000616. The van der Waals surface area contributed by atoms with E-state index in [-0.39, 0.29) is 22.9 Å². The van der Waals surface area contributed by atoms with Gasteiger partial charge in [-0.2, -0.15) is 0 Å². The molecule has 42 heavy (non-hydrogen) atoms. The van der Waals surface area contributed by atoms with E-state index in [4.69, 9.17) is 16.3 Å². The molecule has 0 spiro atoms. The van der Waals surface area contributed by atoms with Gasteiger partial charge in [-0.3, -0.25) is 4.79 Å². The van der Waals surface area contributed by atoms with Crippen LogP contribution in [0.2, 0.25) is 5.02 Å². The molecule has 7 heteroatoms. The number of carbonyl (C=O) groups excluding carboxylic acids is 1. The summed E-state index contributed by atoms with van der Waals surface area (Å²) in [5.41, 5.74) is 3.30. The second-order valence-corrected chi connectivity index (χ2v) is 12.9. The zero-order valence-corrected chi connectivity index (χ0v) is 29.3. The smallest absolute Gasteiger partial charge is 0.223 e. The summed E-state index contributed by atoms with van der Waals surface area (Å²) in [6.45, 7) is 8.24. The molecule has 3 rings (SSSR count). The lowest BCUT2D eigenvalue weighted by Crippen LogP contribution is -2.30. The first-order valence-electron chi connectivity index (χ1n) is 15.8. The molecule has 234 valence electrons. The van der Waals surface area contributed by atoms with Gasteiger partial charge in [0.05, 0.1) is 17.5 Å². The molecule has 0 fully saturated rings. The Labute approximate surface area is 275 Å². The lowest BCUT2D eigenvalue weighted by molar-refractivity contribution is -0.116. The molecule has 1 amide bonds. The van der Waals surface area contributed by atoms with Crippen molar-refractivity contribution in [3.63, 3.8) is 0 Å². The van der Waals surface area contributed by atoms with E-state index in [1.165, 1.54) is 81.1 Å². The molecule has 0 saturated heterocycles. The van der Waals surface area contributed by atoms with Gasteiger partial charge in [0.2, 0.25) is 5.91 Å². The highest BCUT2D eigenvalue weighted by atomic mass is 79.9. The molecular formula is C35H52BrClN2O2S. The number of rotatable bonds is 20. The molecule has 0 unspecified atom stereocenters. The molecule has 1 aliphatic heterocycles. The Kier molecular flexibility index (Phi) is 18.4. The average molecular weight is 680 g/mol. The van der Waals surface area contributed by atoms with Gasteiger partial charge in [0.1, 0.15) is 5.75 Å². The highest BCUT2D eigenvalue weighted by molar-refractivity contribution is 8.93. The van der Waals surface area contributed by atoms with Crippen LogP contribution in [0.5, 0.6) is 5.75 Å². The summed E-state index contributed by atoms with van der Waals surface area (Å²) < 4.78 is 6.06. The van der Waals surface area contributed by atoms with Crippen LogP contribution in [0.15, 0.2) is 53.6 Å². The third-order valence-corrected chi connectivity index (χ3v) is 9.05. The SMILES string of the molecule is Br.CCCCCCCCCCCCCCOc1cc(CCN(C(C)=O)c2ccc(CN3C=C(C)SC3)cc2)ccc1Cl. The number of benzene rings is 2. The number of unbranched alkanes of at least 4 members (excludes halogenated alkanes) is 11. The minimum Gasteiger partial charge on any atom is -0.492 e. The van der Waals surface area contributed by atoms with Crippen LogP contribution in [0.1, 0.15) is 109 Å². The van der Waals surface area contributed by atoms with Crippen molar-refractivity contribution >= 4 is 51.9 Å². The van der Waals surface area contributed by atoms with Crippen LogP contribution in [0.3, 0.4) is 0 Å². The third kappa shape index (κ3) is 13.8. The van der Waals surface area contributed by atoms with Gasteiger partial charge in [0.15, 0.2) is 0 Å². The number of hydrogen-bond donors (Lipinski definition) is 0. The first-order chi connectivity index (χ1) is 20.0. The summed E-state index contributed by atoms with van der Waals surface area (Å²) in [4.78, 5) is 18.0. The molecule has 0 radical (unpaired) electrons. The Morgan fingerprint density at radius 3 is 2.07 bits per heavy atom. The summed E-state index contributed by atoms with van der Waals surface area (Å²) in [7, 11) is 0. The van der Waals surface area contributed by atoms with E-state index < -0.39 is 0 Å². The molecule has 0 saturated carbocycles. The average Bonchev–Trinajstić information content (AvgIpc) is 3.37. The lowest BCUT2D eigenvalue weighted by Gasteiger charge is -2.22. The molecule has 2 aromatic carbocycles. The van der Waals surface area contributed by atoms with Gasteiger partial charge < -0.3 is 14.5 Å². The molecule has 1 aliphatic rings. The fourth-order valence-corrected chi connectivity index (χ4v) is 6.20. The zero-order chi connectivity index (χ0) is 29.3. The molecule has 0 atom stereocenters. The summed E-state index contributed by atoms with van der Waals surface area (Å²) in [6, 6.07) is 14.3. The van der Waals surface area contributed by atoms with E-state index in [9.17, 15) is 4.79 Å². The van der Waals surface area contributed by atoms with Gasteiger partial charge in [-0.15, -0.1) is 28.7 Å². The maximum absolute atomic E-state index is 12.5. The van der Waals surface area contributed by atoms with Crippen molar-refractivity contribution < 1.29 is 9.53 Å². The van der Waals surface area contributed by atoms with Gasteiger partial charge in [-0.05, 0) is 60.1 Å². The largest absolute Gasteiger partial charge is 0.492 e. The number of halogens is 2. The van der Waals surface area contributed by atoms with Crippen LogP contribution in [0.25, 0.3) is 0 Å². The maximum Gasteiger partial charge on any atom is 0.223 e. The fraction of sp³-hybridized carbons (Fsp3) is 0.571. The van der Waals surface area contributed by atoms with Crippen LogP contribution in [-0.4, -0.2) is 29.8 Å². The van der Waals surface area contributed by atoms with E-state index in [2.05, 4.69) is 49.2 Å². The Morgan fingerprint density at radius 1 is 0.905 bits per heavy atom. The minimum atomic E-state index is 0. The number of hydrogen-bond acceptors (Lipinski definition) is 4. The molecule has 0 N–H and O–H groups in total. The Hall–Kier alpha value is -1.63. The predicted molar refractivity (Wildman–Crippen MR) is 188 cm³/mol. The molecule has 1 heterocycles. The van der Waals surface area contributed by atoms with Gasteiger partial charge in [0, 0.05) is 31.9 Å². The maximum atomic E-state index is 12.5. The molecule has 2 aromatic rings. The number of carbonyl (C=O) groups is 1. The van der Waals surface area contributed by atoms with Crippen molar-refractivity contribution in [1.29, 1.82) is 0 Å². The first-order valence-corrected chi connectivity index (χ1v) is 17.2. The monoisotopic (exact) mass is 678 g/mol.